The standard InChI is InChI=1S/C11H10BrNO4S/c1-16-10(14)8(9(18)11(15)17-2)13-5-3-4-7(12)6-13/h3-6H,1-2H3. The van der Waals surface area contributed by atoms with Gasteiger partial charge in [0, 0.05) is 6.07 Å². The van der Waals surface area contributed by atoms with Gasteiger partial charge in [0.15, 0.2) is 12.4 Å². The summed E-state index contributed by atoms with van der Waals surface area (Å²) in [6, 6.07) is 3.46. The maximum absolute atomic E-state index is 11.7. The molecule has 0 radical (unpaired) electrons. The molecule has 0 aliphatic carbocycles. The fraction of sp³-hybridized carbons (Fsp3) is 0.182. The molecule has 0 unspecified atom stereocenters. The van der Waals surface area contributed by atoms with Crippen LogP contribution in [0.5, 0.6) is 0 Å². The molecular weight excluding hydrogens is 322 g/mol. The van der Waals surface area contributed by atoms with Crippen molar-refractivity contribution in [2.45, 2.75) is 0 Å². The summed E-state index contributed by atoms with van der Waals surface area (Å²) in [6.07, 6.45) is 3.16. The van der Waals surface area contributed by atoms with Gasteiger partial charge in [-0.2, -0.15) is 4.57 Å². The molecule has 0 fully saturated rings. The molecule has 5 nitrogen and oxygen atoms in total. The molecule has 1 heterocycles. The van der Waals surface area contributed by atoms with Gasteiger partial charge in [0.2, 0.25) is 0 Å². The number of hydrogen-bond acceptors (Lipinski definition) is 5. The molecule has 0 amide bonds. The second-order valence-corrected chi connectivity index (χ2v) is 4.41. The molecule has 1 aromatic heterocycles. The van der Waals surface area contributed by atoms with Gasteiger partial charge in [-0.3, -0.25) is 0 Å². The first-order valence-corrected chi connectivity index (χ1v) is 5.96. The highest BCUT2D eigenvalue weighted by molar-refractivity contribution is 9.10. The van der Waals surface area contributed by atoms with Crippen LogP contribution in [0.3, 0.4) is 0 Å². The lowest BCUT2D eigenvalue weighted by Crippen LogP contribution is -2.38. The maximum atomic E-state index is 11.7. The van der Waals surface area contributed by atoms with E-state index in [4.69, 9.17) is 12.6 Å². The number of carbonyl (C=O) groups excluding carboxylic acids is 2. The van der Waals surface area contributed by atoms with Crippen molar-refractivity contribution in [3.8, 4) is 0 Å². The van der Waals surface area contributed by atoms with Crippen molar-refractivity contribution in [2.75, 3.05) is 14.2 Å². The molecule has 0 saturated heterocycles. The van der Waals surface area contributed by atoms with Crippen LogP contribution in [0.1, 0.15) is 0 Å². The van der Waals surface area contributed by atoms with Gasteiger partial charge in [-0.25, -0.2) is 9.59 Å². The van der Waals surface area contributed by atoms with Gasteiger partial charge in [-0.15, -0.1) is 0 Å². The largest absolute Gasteiger partial charge is 0.766 e. The lowest BCUT2D eigenvalue weighted by Gasteiger charge is -2.11. The normalized spacial score (nSPS) is 11.5. The van der Waals surface area contributed by atoms with E-state index in [-0.39, 0.29) is 10.6 Å². The Morgan fingerprint density at radius 3 is 2.39 bits per heavy atom. The lowest BCUT2D eigenvalue weighted by atomic mass is 10.3. The molecule has 96 valence electrons. The van der Waals surface area contributed by atoms with Crippen LogP contribution in [0, 0.1) is 0 Å². The Labute approximate surface area is 118 Å². The first kappa shape index (κ1) is 14.6. The van der Waals surface area contributed by atoms with Crippen LogP contribution >= 0.6 is 15.9 Å². The monoisotopic (exact) mass is 331 g/mol. The van der Waals surface area contributed by atoms with E-state index in [1.807, 2.05) is 0 Å². The lowest BCUT2D eigenvalue weighted by molar-refractivity contribution is -0.579. The number of hydrogen-bond donors (Lipinski definition) is 0. The number of rotatable bonds is 3. The number of pyridine rings is 1. The van der Waals surface area contributed by atoms with E-state index in [0.717, 1.165) is 4.47 Å². The molecule has 1 aromatic rings. The number of aromatic nitrogens is 1. The summed E-state index contributed by atoms with van der Waals surface area (Å²) in [5, 5.41) is 0. The molecule has 7 heteroatoms. The molecule has 0 saturated carbocycles. The highest BCUT2D eigenvalue weighted by atomic mass is 79.9. The van der Waals surface area contributed by atoms with Crippen LogP contribution in [0.2, 0.25) is 0 Å². The second-order valence-electron chi connectivity index (χ2n) is 3.09. The summed E-state index contributed by atoms with van der Waals surface area (Å²) < 4.78 is 11.2. The summed E-state index contributed by atoms with van der Waals surface area (Å²) in [5.41, 5.74) is -0.0688. The van der Waals surface area contributed by atoms with Crippen LogP contribution in [0.25, 0.3) is 5.70 Å². The van der Waals surface area contributed by atoms with E-state index < -0.39 is 11.9 Å². The summed E-state index contributed by atoms with van der Waals surface area (Å²) >= 11 is 8.18. The van der Waals surface area contributed by atoms with E-state index in [2.05, 4.69) is 25.4 Å². The molecule has 0 N–H and O–H groups in total. The molecule has 1 rings (SSSR count). The number of methoxy groups -OCH3 is 2. The van der Waals surface area contributed by atoms with Gasteiger partial charge in [0.1, 0.15) is 0 Å². The SMILES string of the molecule is COC(=O)/C([S-])=C(\C(=O)OC)[n+]1cccc(Br)c1. The van der Waals surface area contributed by atoms with Crippen LogP contribution in [-0.2, 0) is 31.7 Å². The number of ether oxygens (including phenoxy) is 2. The quantitative estimate of drug-likeness (QED) is 0.355. The van der Waals surface area contributed by atoms with Crippen molar-refractivity contribution in [3.05, 3.63) is 33.9 Å². The average Bonchev–Trinajstić information content (AvgIpc) is 2.37. The number of carbonyl (C=O) groups is 2. The third-order valence-electron chi connectivity index (χ3n) is 1.99. The minimum atomic E-state index is -0.766. The second kappa shape index (κ2) is 6.46. The Morgan fingerprint density at radius 2 is 1.89 bits per heavy atom. The topological polar surface area (TPSA) is 56.5 Å². The maximum Gasteiger partial charge on any atom is 0.402 e. The van der Waals surface area contributed by atoms with Crippen molar-refractivity contribution < 1.29 is 23.6 Å². The van der Waals surface area contributed by atoms with Crippen molar-refractivity contribution in [1.82, 2.24) is 0 Å². The van der Waals surface area contributed by atoms with Crippen molar-refractivity contribution in [3.63, 3.8) is 0 Å². The minimum absolute atomic E-state index is 0.0688. The minimum Gasteiger partial charge on any atom is -0.766 e. The Bertz CT molecular complexity index is 516. The van der Waals surface area contributed by atoms with Crippen LogP contribution < -0.4 is 4.57 Å². The van der Waals surface area contributed by atoms with Gasteiger partial charge in [-0.1, -0.05) is 0 Å². The fourth-order valence-corrected chi connectivity index (χ4v) is 1.83. The summed E-state index contributed by atoms with van der Waals surface area (Å²) in [6.45, 7) is 0. The molecule has 0 atom stereocenters. The van der Waals surface area contributed by atoms with Crippen molar-refractivity contribution >= 4 is 46.2 Å². The Hall–Kier alpha value is -1.47. The van der Waals surface area contributed by atoms with Crippen molar-refractivity contribution in [2.24, 2.45) is 0 Å². The van der Waals surface area contributed by atoms with Gasteiger partial charge < -0.3 is 22.1 Å². The van der Waals surface area contributed by atoms with E-state index in [9.17, 15) is 9.59 Å². The molecule has 0 aliphatic heterocycles. The Balaban J connectivity index is 3.39. The van der Waals surface area contributed by atoms with Gasteiger partial charge in [0.05, 0.1) is 18.7 Å². The summed E-state index contributed by atoms with van der Waals surface area (Å²) in [5.74, 6) is -1.48. The van der Waals surface area contributed by atoms with E-state index in [1.54, 1.807) is 24.5 Å². The molecule has 18 heavy (non-hydrogen) atoms. The third-order valence-corrected chi connectivity index (χ3v) is 2.82. The molecule has 0 aromatic carbocycles. The first-order chi connectivity index (χ1) is 8.51. The zero-order chi connectivity index (χ0) is 13.7. The number of nitrogens with zero attached hydrogens (tertiary/aromatic N) is 1. The Kier molecular flexibility index (Phi) is 5.24. The smallest absolute Gasteiger partial charge is 0.402 e. The number of halogens is 1. The van der Waals surface area contributed by atoms with Crippen LogP contribution in [0.4, 0.5) is 0 Å². The van der Waals surface area contributed by atoms with E-state index in [0.29, 0.717) is 0 Å². The number of esters is 2. The molecule has 0 aliphatic rings. The van der Waals surface area contributed by atoms with Gasteiger partial charge in [0.25, 0.3) is 5.70 Å². The van der Waals surface area contributed by atoms with E-state index >= 15 is 0 Å². The Morgan fingerprint density at radius 1 is 1.28 bits per heavy atom. The zero-order valence-corrected chi connectivity index (χ0v) is 12.1. The fourth-order valence-electron chi connectivity index (χ4n) is 1.19. The molecule has 0 bridgehead atoms. The highest BCUT2D eigenvalue weighted by Gasteiger charge is 2.24. The first-order valence-electron chi connectivity index (χ1n) is 4.76. The van der Waals surface area contributed by atoms with E-state index in [1.165, 1.54) is 18.8 Å². The zero-order valence-electron chi connectivity index (χ0n) is 9.68. The average molecular weight is 332 g/mol. The summed E-state index contributed by atoms with van der Waals surface area (Å²) in [4.78, 5) is 22.9. The highest BCUT2D eigenvalue weighted by Crippen LogP contribution is 2.10. The van der Waals surface area contributed by atoms with Gasteiger partial charge >= 0.3 is 11.9 Å². The third kappa shape index (κ3) is 3.27. The van der Waals surface area contributed by atoms with Crippen LogP contribution in [0.15, 0.2) is 33.9 Å². The van der Waals surface area contributed by atoms with Crippen molar-refractivity contribution in [1.29, 1.82) is 0 Å². The summed E-state index contributed by atoms with van der Waals surface area (Å²) in [7, 11) is 2.40. The predicted octanol–water partition coefficient (Wildman–Crippen LogP) is 0.798. The predicted molar refractivity (Wildman–Crippen MR) is 69.0 cm³/mol. The van der Waals surface area contributed by atoms with Gasteiger partial charge in [-0.05, 0) is 26.9 Å². The molecule has 0 spiro atoms. The molecular formula is C11H10BrNO4S. The van der Waals surface area contributed by atoms with Crippen LogP contribution in [-0.4, -0.2) is 26.2 Å².